The van der Waals surface area contributed by atoms with Crippen LogP contribution in [0.5, 0.6) is 0 Å². The van der Waals surface area contributed by atoms with Crippen molar-refractivity contribution in [3.8, 4) is 0 Å². The molecule has 0 saturated carbocycles. The van der Waals surface area contributed by atoms with Crippen molar-refractivity contribution in [1.82, 2.24) is 0 Å². The van der Waals surface area contributed by atoms with Gasteiger partial charge in [-0.15, -0.1) is 0 Å². The second kappa shape index (κ2) is 5.63. The van der Waals surface area contributed by atoms with Gasteiger partial charge < -0.3 is 4.42 Å². The molecule has 0 bridgehead atoms. The summed E-state index contributed by atoms with van der Waals surface area (Å²) >= 11 is 5.94. The van der Waals surface area contributed by atoms with E-state index in [1.54, 1.807) is 18.2 Å². The van der Waals surface area contributed by atoms with Crippen LogP contribution in [0.2, 0.25) is 5.02 Å². The van der Waals surface area contributed by atoms with Gasteiger partial charge in [-0.1, -0.05) is 35.9 Å². The molecule has 0 radical (unpaired) electrons. The largest absolute Gasteiger partial charge is 0.460 e. The van der Waals surface area contributed by atoms with Gasteiger partial charge in [0.05, 0.1) is 17.8 Å². The van der Waals surface area contributed by atoms with Gasteiger partial charge in [-0.05, 0) is 29.8 Å². The highest BCUT2D eigenvalue weighted by molar-refractivity contribution is 6.30. The van der Waals surface area contributed by atoms with Gasteiger partial charge in [0.25, 0.3) is 0 Å². The van der Waals surface area contributed by atoms with Crippen LogP contribution in [-0.2, 0) is 0 Å². The number of hydrogen-bond donors (Lipinski definition) is 0. The van der Waals surface area contributed by atoms with Gasteiger partial charge in [0.15, 0.2) is 5.43 Å². The Balaban J connectivity index is 1.77. The Morgan fingerprint density at radius 3 is 2.70 bits per heavy atom. The molecule has 1 aliphatic heterocycles. The average Bonchev–Trinajstić information content (AvgIpc) is 3.05. The minimum Gasteiger partial charge on any atom is -0.460 e. The Labute approximate surface area is 137 Å². The number of fused-ring (bicyclic) bond motifs is 1. The van der Waals surface area contributed by atoms with E-state index in [2.05, 4.69) is 10.2 Å². The Morgan fingerprint density at radius 1 is 1.09 bits per heavy atom. The van der Waals surface area contributed by atoms with E-state index in [1.807, 2.05) is 36.4 Å². The van der Waals surface area contributed by atoms with Crippen molar-refractivity contribution in [2.24, 2.45) is 10.2 Å². The van der Waals surface area contributed by atoms with E-state index in [-0.39, 0.29) is 17.4 Å². The number of azo groups is 1. The molecule has 5 heteroatoms. The van der Waals surface area contributed by atoms with Crippen molar-refractivity contribution >= 4 is 22.6 Å². The minimum atomic E-state index is -0.156. The molecule has 0 saturated heterocycles. The quantitative estimate of drug-likeness (QED) is 0.683. The molecule has 3 aromatic rings. The third-order valence-corrected chi connectivity index (χ3v) is 4.35. The smallest absolute Gasteiger partial charge is 0.192 e. The standard InChI is InChI=1S/C18H13ClN2O2/c19-12-7-5-11(6-8-12)18-14(10-20-21-18)17-9-15(22)13-3-1-2-4-16(13)23-17/h1-9,14,18H,10H2. The van der Waals surface area contributed by atoms with Crippen LogP contribution in [0.3, 0.4) is 0 Å². The van der Waals surface area contributed by atoms with Crippen LogP contribution in [0.15, 0.2) is 74.0 Å². The van der Waals surface area contributed by atoms with Gasteiger partial charge in [0, 0.05) is 11.1 Å². The Bertz CT molecular complexity index is 947. The molecule has 1 aromatic heterocycles. The lowest BCUT2D eigenvalue weighted by molar-refractivity contribution is 0.465. The highest BCUT2D eigenvalue weighted by Gasteiger charge is 2.31. The summed E-state index contributed by atoms with van der Waals surface area (Å²) in [7, 11) is 0. The second-order valence-corrected chi connectivity index (χ2v) is 5.99. The zero-order chi connectivity index (χ0) is 15.8. The van der Waals surface area contributed by atoms with Crippen LogP contribution < -0.4 is 5.43 Å². The molecule has 114 valence electrons. The number of para-hydroxylation sites is 1. The number of hydrogen-bond acceptors (Lipinski definition) is 4. The van der Waals surface area contributed by atoms with Crippen molar-refractivity contribution < 1.29 is 4.42 Å². The van der Waals surface area contributed by atoms with E-state index in [9.17, 15) is 4.79 Å². The van der Waals surface area contributed by atoms with Gasteiger partial charge in [0.2, 0.25) is 0 Å². The lowest BCUT2D eigenvalue weighted by Crippen LogP contribution is -2.11. The first kappa shape index (κ1) is 14.2. The molecular formula is C18H13ClN2O2. The molecule has 0 fully saturated rings. The predicted octanol–water partition coefficient (Wildman–Crippen LogP) is 4.74. The van der Waals surface area contributed by atoms with E-state index in [1.165, 1.54) is 0 Å². The number of benzene rings is 2. The van der Waals surface area contributed by atoms with Gasteiger partial charge in [-0.25, -0.2) is 0 Å². The Hall–Kier alpha value is -2.46. The van der Waals surface area contributed by atoms with E-state index in [0.29, 0.717) is 28.3 Å². The molecule has 4 rings (SSSR count). The van der Waals surface area contributed by atoms with Crippen LogP contribution in [0.1, 0.15) is 23.3 Å². The molecule has 0 aliphatic carbocycles. The molecule has 2 aromatic carbocycles. The third kappa shape index (κ3) is 2.55. The van der Waals surface area contributed by atoms with Gasteiger partial charge in [-0.3, -0.25) is 4.79 Å². The first-order chi connectivity index (χ1) is 11.2. The molecule has 1 aliphatic rings. The minimum absolute atomic E-state index is 0.0383. The van der Waals surface area contributed by atoms with Crippen molar-refractivity contribution in [3.05, 3.63) is 81.2 Å². The summed E-state index contributed by atoms with van der Waals surface area (Å²) in [5, 5.41) is 9.75. The molecule has 2 unspecified atom stereocenters. The van der Waals surface area contributed by atoms with Crippen LogP contribution in [0.4, 0.5) is 0 Å². The fraction of sp³-hybridized carbons (Fsp3) is 0.167. The molecule has 23 heavy (non-hydrogen) atoms. The summed E-state index contributed by atoms with van der Waals surface area (Å²) in [6.07, 6.45) is 0. The van der Waals surface area contributed by atoms with Crippen molar-refractivity contribution in [1.29, 1.82) is 0 Å². The Morgan fingerprint density at radius 2 is 1.87 bits per heavy atom. The van der Waals surface area contributed by atoms with Crippen molar-refractivity contribution in [2.45, 2.75) is 12.0 Å². The first-order valence-electron chi connectivity index (χ1n) is 7.37. The molecule has 0 N–H and O–H groups in total. The molecular weight excluding hydrogens is 312 g/mol. The van der Waals surface area contributed by atoms with E-state index >= 15 is 0 Å². The topological polar surface area (TPSA) is 54.9 Å². The lowest BCUT2D eigenvalue weighted by atomic mass is 9.92. The number of halogens is 1. The molecule has 0 amide bonds. The number of nitrogens with zero attached hydrogens (tertiary/aromatic N) is 2. The van der Waals surface area contributed by atoms with Crippen molar-refractivity contribution in [2.75, 3.05) is 6.54 Å². The fourth-order valence-corrected chi connectivity index (χ4v) is 3.04. The van der Waals surface area contributed by atoms with Crippen LogP contribution >= 0.6 is 11.6 Å². The highest BCUT2D eigenvalue weighted by Crippen LogP contribution is 2.39. The summed E-state index contributed by atoms with van der Waals surface area (Å²) in [4.78, 5) is 12.3. The highest BCUT2D eigenvalue weighted by atomic mass is 35.5. The van der Waals surface area contributed by atoms with Gasteiger partial charge in [-0.2, -0.15) is 10.2 Å². The maximum Gasteiger partial charge on any atom is 0.192 e. The van der Waals surface area contributed by atoms with Crippen LogP contribution in [0.25, 0.3) is 11.0 Å². The summed E-state index contributed by atoms with van der Waals surface area (Å²) in [6, 6.07) is 16.2. The summed E-state index contributed by atoms with van der Waals surface area (Å²) < 4.78 is 5.96. The summed E-state index contributed by atoms with van der Waals surface area (Å²) in [5.41, 5.74) is 1.57. The normalized spacial score (nSPS) is 20.2. The van der Waals surface area contributed by atoms with Crippen LogP contribution in [-0.4, -0.2) is 6.54 Å². The zero-order valence-electron chi connectivity index (χ0n) is 12.1. The van der Waals surface area contributed by atoms with E-state index in [0.717, 1.165) is 5.56 Å². The monoisotopic (exact) mass is 324 g/mol. The fourth-order valence-electron chi connectivity index (χ4n) is 2.91. The molecule has 2 atom stereocenters. The van der Waals surface area contributed by atoms with Gasteiger partial charge >= 0.3 is 0 Å². The van der Waals surface area contributed by atoms with E-state index in [4.69, 9.17) is 16.0 Å². The van der Waals surface area contributed by atoms with E-state index < -0.39 is 0 Å². The first-order valence-corrected chi connectivity index (χ1v) is 7.75. The SMILES string of the molecule is O=c1cc(C2CN=NC2c2ccc(Cl)cc2)oc2ccccc12. The maximum absolute atomic E-state index is 12.3. The zero-order valence-corrected chi connectivity index (χ0v) is 12.9. The Kier molecular flexibility index (Phi) is 3.46. The van der Waals surface area contributed by atoms with Crippen LogP contribution in [0, 0.1) is 0 Å². The number of rotatable bonds is 2. The summed E-state index contributed by atoms with van der Waals surface area (Å²) in [6.45, 7) is 0.509. The summed E-state index contributed by atoms with van der Waals surface area (Å²) in [5.74, 6) is 0.548. The molecule has 0 spiro atoms. The molecule has 2 heterocycles. The predicted molar refractivity (Wildman–Crippen MR) is 89.1 cm³/mol. The van der Waals surface area contributed by atoms with Gasteiger partial charge in [0.1, 0.15) is 17.4 Å². The van der Waals surface area contributed by atoms with Crippen molar-refractivity contribution in [3.63, 3.8) is 0 Å². The molecule has 4 nitrogen and oxygen atoms in total. The second-order valence-electron chi connectivity index (χ2n) is 5.55. The lowest BCUT2D eigenvalue weighted by Gasteiger charge is -2.16. The third-order valence-electron chi connectivity index (χ3n) is 4.10. The average molecular weight is 325 g/mol. The maximum atomic E-state index is 12.3.